The molecule has 0 aliphatic rings. The summed E-state index contributed by atoms with van der Waals surface area (Å²) in [7, 11) is 3.50. The molecule has 0 aromatic heterocycles. The first-order valence-electron chi connectivity index (χ1n) is 17.9. The second kappa shape index (κ2) is 23.7. The topological polar surface area (TPSA) is 557 Å². The van der Waals surface area contributed by atoms with Crippen LogP contribution in [0.25, 0.3) is 0 Å². The van der Waals surface area contributed by atoms with Gasteiger partial charge in [0.05, 0.1) is 0 Å². The van der Waals surface area contributed by atoms with Crippen LogP contribution in [0.3, 0.4) is 0 Å². The molecule has 0 saturated carbocycles. The molecule has 31 nitrogen and oxygen atoms in total. The number of amides is 7. The van der Waals surface area contributed by atoms with Gasteiger partial charge in [0.15, 0.2) is 30.0 Å². The molecule has 0 heterocycles. The summed E-state index contributed by atoms with van der Waals surface area (Å²) in [5.74, 6) is -12.5. The number of rotatable bonds is 21. The number of aliphatic hydroxyl groups excluding tert-OH is 1. The molecular formula is C33H50N22O9. The lowest BCUT2D eigenvalue weighted by molar-refractivity contribution is -0.136. The Bertz CT molecular complexity index is 2180. The average Bonchev–Trinajstić information content (AvgIpc) is 3.20. The first kappa shape index (κ1) is 51.1. The third-order valence-electron chi connectivity index (χ3n) is 7.63. The van der Waals surface area contributed by atoms with Gasteiger partial charge in [-0.3, -0.25) is 38.6 Å². The van der Waals surface area contributed by atoms with Crippen molar-refractivity contribution in [2.24, 2.45) is 82.3 Å². The van der Waals surface area contributed by atoms with E-state index in [-0.39, 0.29) is 16.9 Å². The Morgan fingerprint density at radius 2 is 0.984 bits per heavy atom. The minimum atomic E-state index is -2.20. The molecule has 31 heteroatoms. The molecule has 0 bridgehead atoms. The van der Waals surface area contributed by atoms with Crippen molar-refractivity contribution in [3.63, 3.8) is 0 Å². The van der Waals surface area contributed by atoms with E-state index in [1.807, 2.05) is 21.3 Å². The number of aliphatic hydroxyl groups is 1. The van der Waals surface area contributed by atoms with E-state index in [9.17, 15) is 43.8 Å². The Morgan fingerprint density at radius 1 is 0.578 bits per heavy atom. The summed E-state index contributed by atoms with van der Waals surface area (Å²) >= 11 is 0. The van der Waals surface area contributed by atoms with Crippen molar-refractivity contribution in [2.45, 2.75) is 43.1 Å². The molecule has 28 N–H and O–H groups in total. The van der Waals surface area contributed by atoms with Gasteiger partial charge >= 0.3 is 0 Å². The zero-order valence-electron chi connectivity index (χ0n) is 33.9. The fourth-order valence-electron chi connectivity index (χ4n) is 4.69. The van der Waals surface area contributed by atoms with Gasteiger partial charge < -0.3 is 104 Å². The van der Waals surface area contributed by atoms with Crippen molar-refractivity contribution in [3.05, 3.63) is 59.7 Å². The van der Waals surface area contributed by atoms with Gasteiger partial charge in [-0.2, -0.15) is 0 Å². The standard InChI is InChI=1S/C33H50N22O9/c1-55(2)14-9-8-13(15(56)10-14)11-44-28(63)29(64)45-16(12-6-4-3-5-7-12)23(58)47-20(52-31(38)39)25(60)49-22(54-33(42)43)27(62)50-21(53-32(40)41)26(61)48-19(51-30(36)37)24(59)46-17(34)18(35)57/h3-11,16-17,19-22,28,56,63H,34H2,1-2H3,(H2,35,57)(H,45,64)(H,46,59)(H,47,58)(H,48,61)(H,49,60)(H,50,62)(H4,36,37,51)(H4,38,39,52)(H4,40,41,53)(H4,42,43,54). The Kier molecular flexibility index (Phi) is 18.9. The maximum absolute atomic E-state index is 13.8. The average molecular weight is 899 g/mol. The predicted octanol–water partition coefficient (Wildman–Crippen LogP) is -10.2. The summed E-state index contributed by atoms with van der Waals surface area (Å²) < 4.78 is 0. The lowest BCUT2D eigenvalue weighted by atomic mass is 10.1. The van der Waals surface area contributed by atoms with Crippen LogP contribution in [-0.2, 0) is 33.6 Å². The Balaban J connectivity index is 2.40. The normalized spacial score (nSPS) is 13.9. The summed E-state index contributed by atoms with van der Waals surface area (Å²) in [5, 5.41) is 33.3. The number of phenols is 1. The highest BCUT2D eigenvalue weighted by molar-refractivity contribution is 5.99. The number of carbonyl (C=O) groups is 7. The minimum absolute atomic E-state index is 0.113. The predicted molar refractivity (Wildman–Crippen MR) is 230 cm³/mol. The molecule has 0 fully saturated rings. The van der Waals surface area contributed by atoms with E-state index in [0.29, 0.717) is 5.69 Å². The Hall–Kier alpha value is -9.00. The van der Waals surface area contributed by atoms with E-state index < -0.39 is 108 Å². The van der Waals surface area contributed by atoms with Crippen molar-refractivity contribution in [3.8, 4) is 5.75 Å². The number of primary amides is 1. The summed E-state index contributed by atoms with van der Waals surface area (Å²) in [5.41, 5.74) is 54.9. The number of hydrogen-bond donors (Lipinski definition) is 18. The summed E-state index contributed by atoms with van der Waals surface area (Å²) in [6.07, 6.45) is -11.4. The van der Waals surface area contributed by atoms with E-state index in [1.165, 1.54) is 36.4 Å². The second-order valence-electron chi connectivity index (χ2n) is 12.9. The molecule has 0 aliphatic heterocycles. The lowest BCUT2D eigenvalue weighted by Gasteiger charge is -2.24. The quantitative estimate of drug-likeness (QED) is 0.0314. The molecule has 346 valence electrons. The third-order valence-corrected chi connectivity index (χ3v) is 7.63. The number of nitrogens with zero attached hydrogens (tertiary/aromatic N) is 6. The first-order valence-corrected chi connectivity index (χ1v) is 17.9. The van der Waals surface area contributed by atoms with E-state index in [1.54, 1.807) is 31.1 Å². The first-order chi connectivity index (χ1) is 29.9. The third kappa shape index (κ3) is 16.6. The maximum atomic E-state index is 13.8. The Labute approximate surface area is 362 Å². The minimum Gasteiger partial charge on any atom is -0.507 e. The van der Waals surface area contributed by atoms with Gasteiger partial charge in [0.1, 0.15) is 11.8 Å². The summed E-state index contributed by atoms with van der Waals surface area (Å²) in [4.78, 5) is 111. The van der Waals surface area contributed by atoms with Crippen LogP contribution in [0.15, 0.2) is 73.5 Å². The van der Waals surface area contributed by atoms with Crippen LogP contribution in [0.1, 0.15) is 17.2 Å². The zero-order valence-corrected chi connectivity index (χ0v) is 33.9. The van der Waals surface area contributed by atoms with Crippen LogP contribution in [0, 0.1) is 0 Å². The molecule has 7 atom stereocenters. The van der Waals surface area contributed by atoms with Crippen molar-refractivity contribution in [2.75, 3.05) is 19.0 Å². The van der Waals surface area contributed by atoms with Crippen LogP contribution in [0.5, 0.6) is 5.75 Å². The van der Waals surface area contributed by atoms with Crippen LogP contribution in [0.4, 0.5) is 5.69 Å². The van der Waals surface area contributed by atoms with Crippen molar-refractivity contribution >= 4 is 77.1 Å². The maximum Gasteiger partial charge on any atom is 0.272 e. The lowest BCUT2D eigenvalue weighted by Crippen LogP contribution is -2.60. The second-order valence-corrected chi connectivity index (χ2v) is 12.9. The fourth-order valence-corrected chi connectivity index (χ4v) is 4.69. The molecule has 0 saturated heterocycles. The number of nitrogens with one attached hydrogen (secondary N) is 6. The van der Waals surface area contributed by atoms with E-state index in [2.05, 4.69) is 35.6 Å². The number of aliphatic imine (C=N–C) groups is 5. The molecule has 0 spiro atoms. The van der Waals surface area contributed by atoms with Gasteiger partial charge in [-0.25, -0.2) is 20.0 Å². The van der Waals surface area contributed by atoms with Crippen LogP contribution in [-0.4, -0.2) is 133 Å². The van der Waals surface area contributed by atoms with Gasteiger partial charge in [-0.05, 0) is 17.7 Å². The molecular weight excluding hydrogens is 849 g/mol. The zero-order chi connectivity index (χ0) is 48.4. The van der Waals surface area contributed by atoms with Gasteiger partial charge in [0.25, 0.3) is 35.4 Å². The number of guanidine groups is 4. The highest BCUT2D eigenvalue weighted by Crippen LogP contribution is 2.22. The SMILES string of the molecule is CN(C)c1ccc(C=NC(O)C(=O)NC(C(=O)NC(N=C(N)N)C(=O)NC(N=C(N)N)C(=O)NC(N=C(N)N)C(=O)NC(N=C(N)N)C(=O)NC(N)C(N)=O)c2ccccc2)c(O)c1. The highest BCUT2D eigenvalue weighted by Gasteiger charge is 2.34. The summed E-state index contributed by atoms with van der Waals surface area (Å²) in [6, 6.07) is 10.3. The monoisotopic (exact) mass is 898 g/mol. The molecule has 7 unspecified atom stereocenters. The number of phenolic OH excluding ortho intramolecular Hbond substituents is 1. The molecule has 2 aromatic carbocycles. The molecule has 0 aliphatic carbocycles. The largest absolute Gasteiger partial charge is 0.507 e. The fraction of sp³-hybridized carbons (Fsp3) is 0.273. The highest BCUT2D eigenvalue weighted by atomic mass is 16.3. The van der Waals surface area contributed by atoms with Gasteiger partial charge in [-0.1, -0.05) is 30.3 Å². The molecule has 0 radical (unpaired) electrons. The number of benzene rings is 2. The van der Waals surface area contributed by atoms with Crippen molar-refractivity contribution in [1.82, 2.24) is 31.9 Å². The number of carbonyl (C=O) groups excluding carboxylic acids is 7. The number of hydrogen-bond acceptors (Lipinski definition) is 16. The van der Waals surface area contributed by atoms with E-state index in [4.69, 9.17) is 57.3 Å². The summed E-state index contributed by atoms with van der Waals surface area (Å²) in [6.45, 7) is 0. The molecule has 7 amide bonds. The molecule has 64 heavy (non-hydrogen) atoms. The van der Waals surface area contributed by atoms with Crippen LogP contribution >= 0.6 is 0 Å². The van der Waals surface area contributed by atoms with E-state index >= 15 is 0 Å². The van der Waals surface area contributed by atoms with Crippen LogP contribution in [0.2, 0.25) is 0 Å². The Morgan fingerprint density at radius 3 is 1.36 bits per heavy atom. The van der Waals surface area contributed by atoms with Gasteiger partial charge in [0.2, 0.25) is 36.8 Å². The number of nitrogens with two attached hydrogens (primary N) is 10. The van der Waals surface area contributed by atoms with Gasteiger partial charge in [0, 0.05) is 37.6 Å². The smallest absolute Gasteiger partial charge is 0.272 e. The molecule has 2 rings (SSSR count). The number of anilines is 1. The van der Waals surface area contributed by atoms with Gasteiger partial charge in [-0.15, -0.1) is 0 Å². The molecule has 2 aromatic rings. The van der Waals surface area contributed by atoms with Crippen LogP contribution < -0.4 is 94.1 Å². The van der Waals surface area contributed by atoms with Crippen molar-refractivity contribution < 1.29 is 43.8 Å². The van der Waals surface area contributed by atoms with E-state index in [0.717, 1.165) is 6.21 Å². The number of aromatic hydroxyl groups is 1. The van der Waals surface area contributed by atoms with Crippen molar-refractivity contribution in [1.29, 1.82) is 0 Å².